The molecule has 11 heteroatoms. The van der Waals surface area contributed by atoms with Crippen molar-refractivity contribution in [3.05, 3.63) is 78.1 Å². The number of hydrogen-bond acceptors (Lipinski definition) is 8. The maximum Gasteiger partial charge on any atom is 0.323 e. The van der Waals surface area contributed by atoms with Gasteiger partial charge in [-0.3, -0.25) is 14.7 Å². The van der Waals surface area contributed by atoms with Gasteiger partial charge >= 0.3 is 6.03 Å². The molecule has 0 saturated heterocycles. The average molecular weight is 648 g/mol. The van der Waals surface area contributed by atoms with Crippen LogP contribution < -0.4 is 20.1 Å². The van der Waals surface area contributed by atoms with Crippen molar-refractivity contribution in [2.75, 3.05) is 51.1 Å². The maximum absolute atomic E-state index is 14.4. The van der Waals surface area contributed by atoms with E-state index >= 15 is 0 Å². The Balaban J connectivity index is 1.57. The Morgan fingerprint density at radius 1 is 1.09 bits per heavy atom. The van der Waals surface area contributed by atoms with Crippen molar-refractivity contribution in [2.45, 2.75) is 64.8 Å². The van der Waals surface area contributed by atoms with Crippen molar-refractivity contribution in [1.82, 2.24) is 14.8 Å². The third-order valence-electron chi connectivity index (χ3n) is 8.35. The lowest BCUT2D eigenvalue weighted by Gasteiger charge is -2.36. The van der Waals surface area contributed by atoms with Gasteiger partial charge in [0.05, 0.1) is 37.5 Å². The van der Waals surface area contributed by atoms with Crippen molar-refractivity contribution in [1.29, 1.82) is 0 Å². The molecule has 3 N–H and O–H groups in total. The van der Waals surface area contributed by atoms with E-state index in [0.29, 0.717) is 48.1 Å². The predicted molar refractivity (Wildman–Crippen MR) is 183 cm³/mol. The first-order valence-corrected chi connectivity index (χ1v) is 16.3. The number of methoxy groups -OCH3 is 1. The van der Waals surface area contributed by atoms with Crippen LogP contribution in [0.4, 0.5) is 16.2 Å². The Hall–Kier alpha value is -4.19. The number of urea groups is 1. The largest absolute Gasteiger partial charge is 0.497 e. The first-order valence-electron chi connectivity index (χ1n) is 16.3. The molecule has 3 aromatic rings. The summed E-state index contributed by atoms with van der Waals surface area (Å²) in [5.74, 6) is 0.783. The zero-order valence-electron chi connectivity index (χ0n) is 28.1. The molecule has 0 radical (unpaired) electrons. The highest BCUT2D eigenvalue weighted by Gasteiger charge is 2.30. The minimum absolute atomic E-state index is 0.0457. The van der Waals surface area contributed by atoms with Crippen LogP contribution in [0.15, 0.2) is 67.0 Å². The first-order chi connectivity index (χ1) is 22.7. The number of ether oxygens (including phenoxy) is 3. The molecule has 4 rings (SSSR count). The summed E-state index contributed by atoms with van der Waals surface area (Å²) in [4.78, 5) is 35.3. The number of aromatic nitrogens is 1. The third-order valence-corrected chi connectivity index (χ3v) is 8.35. The van der Waals surface area contributed by atoms with Gasteiger partial charge in [0.25, 0.3) is 5.91 Å². The predicted octanol–water partition coefficient (Wildman–Crippen LogP) is 5.66. The number of pyridine rings is 1. The lowest BCUT2D eigenvalue weighted by atomic mass is 10.0. The minimum Gasteiger partial charge on any atom is -0.497 e. The number of rotatable bonds is 9. The number of carbonyl (C=O) groups is 2. The fourth-order valence-corrected chi connectivity index (χ4v) is 5.60. The molecule has 254 valence electrons. The number of likely N-dealkylation sites (N-methyl/N-ethyl adjacent to an activating group) is 1. The molecule has 0 saturated carbocycles. The molecule has 1 aromatic heterocycles. The van der Waals surface area contributed by atoms with Crippen LogP contribution in [0, 0.1) is 5.92 Å². The van der Waals surface area contributed by atoms with Crippen LogP contribution in [0.5, 0.6) is 11.5 Å². The summed E-state index contributed by atoms with van der Waals surface area (Å²) in [6.07, 6.45) is 5.89. The molecule has 2 heterocycles. The Kier molecular flexibility index (Phi) is 13.4. The van der Waals surface area contributed by atoms with Gasteiger partial charge in [-0.15, -0.1) is 0 Å². The molecular weight excluding hydrogens is 598 g/mol. The highest BCUT2D eigenvalue weighted by molar-refractivity contribution is 6.02. The molecule has 0 spiro atoms. The summed E-state index contributed by atoms with van der Waals surface area (Å²) >= 11 is 0. The van der Waals surface area contributed by atoms with Crippen molar-refractivity contribution in [3.8, 4) is 11.5 Å². The third kappa shape index (κ3) is 10.7. The second-order valence-corrected chi connectivity index (χ2v) is 12.4. The number of fused-ring (bicyclic) bond motifs is 1. The number of nitrogens with zero attached hydrogens (tertiary/aromatic N) is 3. The number of carbonyl (C=O) groups excluding carboxylic acids is 2. The zero-order valence-corrected chi connectivity index (χ0v) is 28.1. The standard InChI is InChI=1S/C36H49N5O6/c1-25-21-41(26(2)24-42)35(43)32-20-30(39-36(44)38-29-9-12-31(45-5)13-10-29)11-14-33(32)47-27(3)8-6-7-19-46-34(25)23-40(4)22-28-15-17-37-18-16-28/h9-18,20,25-27,34,42H,6-8,19,21-24H2,1-5H3,(H2,38,39,44)/t25-,26-,27-,34-/m0/s1. The Morgan fingerprint density at radius 3 is 2.49 bits per heavy atom. The van der Waals surface area contributed by atoms with Crippen molar-refractivity contribution in [3.63, 3.8) is 0 Å². The van der Waals surface area contributed by atoms with E-state index in [1.807, 2.05) is 26.0 Å². The van der Waals surface area contributed by atoms with Crippen molar-refractivity contribution in [2.24, 2.45) is 5.92 Å². The van der Waals surface area contributed by atoms with E-state index in [2.05, 4.69) is 34.5 Å². The van der Waals surface area contributed by atoms with E-state index in [4.69, 9.17) is 14.2 Å². The minimum atomic E-state index is -0.465. The van der Waals surface area contributed by atoms with Crippen LogP contribution in [0.2, 0.25) is 0 Å². The second-order valence-electron chi connectivity index (χ2n) is 12.4. The quantitative estimate of drug-likeness (QED) is 0.272. The van der Waals surface area contributed by atoms with Crippen LogP contribution in [-0.2, 0) is 11.3 Å². The van der Waals surface area contributed by atoms with Crippen molar-refractivity contribution < 1.29 is 28.9 Å². The van der Waals surface area contributed by atoms with Gasteiger partial charge in [-0.05, 0) is 100 Å². The average Bonchev–Trinajstić information content (AvgIpc) is 3.06. The molecule has 1 aliphatic rings. The van der Waals surface area contributed by atoms with Gasteiger partial charge in [0.15, 0.2) is 0 Å². The molecule has 3 amide bonds. The molecule has 0 aliphatic carbocycles. The summed E-state index contributed by atoms with van der Waals surface area (Å²) < 4.78 is 18.0. The Labute approximate surface area is 278 Å². The van der Waals surface area contributed by atoms with Gasteiger partial charge in [-0.25, -0.2) is 4.79 Å². The van der Waals surface area contributed by atoms with Crippen LogP contribution in [0.25, 0.3) is 0 Å². The number of anilines is 2. The number of amides is 3. The van der Waals surface area contributed by atoms with Crippen LogP contribution in [0.1, 0.15) is 56.0 Å². The summed E-state index contributed by atoms with van der Waals surface area (Å²) in [7, 11) is 3.64. The number of nitrogens with one attached hydrogen (secondary N) is 2. The van der Waals surface area contributed by atoms with E-state index in [0.717, 1.165) is 31.4 Å². The van der Waals surface area contributed by atoms with Gasteiger partial charge in [-0.1, -0.05) is 6.92 Å². The van der Waals surface area contributed by atoms with Crippen LogP contribution in [-0.4, -0.2) is 90.5 Å². The SMILES string of the molecule is COc1ccc(NC(=O)Nc2ccc3c(c2)C(=O)N([C@@H](C)CO)C[C@H](C)[C@H](CN(C)Cc2ccncc2)OCCCC[C@H](C)O3)cc1. The Morgan fingerprint density at radius 2 is 1.79 bits per heavy atom. The monoisotopic (exact) mass is 647 g/mol. The van der Waals surface area contributed by atoms with Gasteiger partial charge in [0, 0.05) is 55.9 Å². The highest BCUT2D eigenvalue weighted by atomic mass is 16.5. The van der Waals surface area contributed by atoms with Gasteiger partial charge in [-0.2, -0.15) is 0 Å². The van der Waals surface area contributed by atoms with Crippen LogP contribution >= 0.6 is 0 Å². The first kappa shape index (κ1) is 35.7. The number of aliphatic hydroxyl groups excluding tert-OH is 1. The summed E-state index contributed by atoms with van der Waals surface area (Å²) in [5.41, 5.74) is 2.50. The lowest BCUT2D eigenvalue weighted by molar-refractivity contribution is -0.0177. The summed E-state index contributed by atoms with van der Waals surface area (Å²) in [5, 5.41) is 15.9. The van der Waals surface area contributed by atoms with Gasteiger partial charge < -0.3 is 34.9 Å². The molecule has 2 aromatic carbocycles. The molecule has 11 nitrogen and oxygen atoms in total. The maximum atomic E-state index is 14.4. The molecule has 4 atom stereocenters. The molecule has 47 heavy (non-hydrogen) atoms. The molecule has 0 bridgehead atoms. The zero-order chi connectivity index (χ0) is 33.8. The highest BCUT2D eigenvalue weighted by Crippen LogP contribution is 2.29. The molecule has 0 fully saturated rings. The summed E-state index contributed by atoms with van der Waals surface area (Å²) in [6.45, 7) is 8.08. The van der Waals surface area contributed by atoms with E-state index < -0.39 is 12.1 Å². The summed E-state index contributed by atoms with van der Waals surface area (Å²) in [6, 6.07) is 15.2. The topological polar surface area (TPSA) is 125 Å². The van der Waals surface area contributed by atoms with Crippen LogP contribution in [0.3, 0.4) is 0 Å². The number of aliphatic hydroxyl groups is 1. The molecule has 0 unspecified atom stereocenters. The normalized spacial score (nSPS) is 20.0. The second kappa shape index (κ2) is 17.7. The van der Waals surface area contributed by atoms with E-state index in [1.165, 1.54) is 0 Å². The van der Waals surface area contributed by atoms with Crippen molar-refractivity contribution >= 4 is 23.3 Å². The lowest BCUT2D eigenvalue weighted by Crippen LogP contribution is -2.47. The number of hydrogen-bond donors (Lipinski definition) is 3. The Bertz CT molecular complexity index is 1420. The molecular formula is C36H49N5O6. The fraction of sp³-hybridized carbons (Fsp3) is 0.472. The van der Waals surface area contributed by atoms with Gasteiger partial charge in [0.2, 0.25) is 0 Å². The number of benzene rings is 2. The van der Waals surface area contributed by atoms with E-state index in [1.54, 1.807) is 66.9 Å². The van der Waals surface area contributed by atoms with E-state index in [-0.39, 0.29) is 30.6 Å². The smallest absolute Gasteiger partial charge is 0.323 e. The van der Waals surface area contributed by atoms with E-state index in [9.17, 15) is 14.7 Å². The van der Waals surface area contributed by atoms with Gasteiger partial charge in [0.1, 0.15) is 11.5 Å². The fourth-order valence-electron chi connectivity index (χ4n) is 5.60. The molecule has 1 aliphatic heterocycles.